The highest BCUT2D eigenvalue weighted by molar-refractivity contribution is 6.31. The number of carboxylic acids is 1. The third-order valence-electron chi connectivity index (χ3n) is 3.55. The topological polar surface area (TPSA) is 70.0 Å². The Kier molecular flexibility index (Phi) is 4.18. The molecular weight excluding hydrogens is 328 g/mol. The first-order chi connectivity index (χ1) is 11.5. The van der Waals surface area contributed by atoms with Crippen LogP contribution in [0.25, 0.3) is 6.08 Å². The van der Waals surface area contributed by atoms with Crippen LogP contribution in [0.5, 0.6) is 0 Å². The molecule has 1 amide bonds. The molecule has 0 atom stereocenters. The fraction of sp³-hybridized carbons (Fsp3) is 0.0556. The van der Waals surface area contributed by atoms with Gasteiger partial charge in [-0.3, -0.25) is 9.69 Å². The fourth-order valence-electron chi connectivity index (χ4n) is 2.44. The van der Waals surface area contributed by atoms with Crippen LogP contribution >= 0.6 is 11.6 Å². The van der Waals surface area contributed by atoms with Crippen LogP contribution in [0.1, 0.15) is 22.8 Å². The van der Waals surface area contributed by atoms with Crippen molar-refractivity contribution in [3.8, 4) is 0 Å². The van der Waals surface area contributed by atoms with Crippen molar-refractivity contribution >= 4 is 41.1 Å². The number of halogens is 1. The molecule has 1 N–H and O–H groups in total. The molecule has 24 heavy (non-hydrogen) atoms. The summed E-state index contributed by atoms with van der Waals surface area (Å²) >= 11 is 5.95. The first kappa shape index (κ1) is 16.0. The van der Waals surface area contributed by atoms with E-state index in [9.17, 15) is 9.59 Å². The molecular formula is C18H13ClN2O3. The average Bonchev–Trinajstić information content (AvgIpc) is 2.81. The number of hydrogen-bond acceptors (Lipinski definition) is 3. The van der Waals surface area contributed by atoms with E-state index in [0.29, 0.717) is 22.2 Å². The van der Waals surface area contributed by atoms with E-state index in [2.05, 4.69) is 4.99 Å². The van der Waals surface area contributed by atoms with Gasteiger partial charge in [0.1, 0.15) is 11.5 Å². The smallest absolute Gasteiger partial charge is 0.335 e. The maximum Gasteiger partial charge on any atom is 0.335 e. The predicted molar refractivity (Wildman–Crippen MR) is 93.4 cm³/mol. The molecule has 2 aromatic carbocycles. The number of aliphatic imine (C=N–C) groups is 1. The summed E-state index contributed by atoms with van der Waals surface area (Å²) in [5, 5.41) is 9.53. The number of carbonyl (C=O) groups is 2. The number of anilines is 1. The number of nitrogens with zero attached hydrogens (tertiary/aromatic N) is 2. The average molecular weight is 341 g/mol. The minimum absolute atomic E-state index is 0.162. The zero-order valence-electron chi connectivity index (χ0n) is 12.7. The number of rotatable bonds is 3. The van der Waals surface area contributed by atoms with Crippen molar-refractivity contribution in [2.24, 2.45) is 4.99 Å². The van der Waals surface area contributed by atoms with E-state index >= 15 is 0 Å². The number of amidine groups is 1. The Balaban J connectivity index is 1.91. The molecule has 1 heterocycles. The Morgan fingerprint density at radius 1 is 1.21 bits per heavy atom. The Morgan fingerprint density at radius 3 is 2.54 bits per heavy atom. The number of carboxylic acid groups (broad SMARTS) is 1. The van der Waals surface area contributed by atoms with E-state index in [1.54, 1.807) is 43.3 Å². The zero-order valence-corrected chi connectivity index (χ0v) is 13.5. The van der Waals surface area contributed by atoms with Gasteiger partial charge in [-0.05, 0) is 55.0 Å². The van der Waals surface area contributed by atoms with Crippen LogP contribution in [-0.2, 0) is 4.79 Å². The van der Waals surface area contributed by atoms with Crippen LogP contribution in [0.3, 0.4) is 0 Å². The normalized spacial score (nSPS) is 15.8. The molecule has 0 saturated heterocycles. The maximum absolute atomic E-state index is 12.6. The molecule has 0 radical (unpaired) electrons. The van der Waals surface area contributed by atoms with Gasteiger partial charge in [0.2, 0.25) is 0 Å². The number of benzene rings is 2. The summed E-state index contributed by atoms with van der Waals surface area (Å²) in [6, 6.07) is 13.2. The third kappa shape index (κ3) is 3.07. The van der Waals surface area contributed by atoms with Crippen molar-refractivity contribution < 1.29 is 14.7 Å². The van der Waals surface area contributed by atoms with Gasteiger partial charge >= 0.3 is 5.97 Å². The molecule has 0 bridgehead atoms. The molecule has 5 nitrogen and oxygen atoms in total. The third-order valence-corrected chi connectivity index (χ3v) is 3.79. The van der Waals surface area contributed by atoms with E-state index in [0.717, 1.165) is 5.56 Å². The van der Waals surface area contributed by atoms with Gasteiger partial charge < -0.3 is 5.11 Å². The quantitative estimate of drug-likeness (QED) is 0.863. The minimum Gasteiger partial charge on any atom is -0.478 e. The summed E-state index contributed by atoms with van der Waals surface area (Å²) in [5.74, 6) is -0.756. The molecule has 120 valence electrons. The van der Waals surface area contributed by atoms with Gasteiger partial charge in [0.25, 0.3) is 5.91 Å². The summed E-state index contributed by atoms with van der Waals surface area (Å²) < 4.78 is 0. The zero-order chi connectivity index (χ0) is 17.3. The Morgan fingerprint density at radius 2 is 1.92 bits per heavy atom. The van der Waals surface area contributed by atoms with Crippen LogP contribution in [-0.4, -0.2) is 22.8 Å². The van der Waals surface area contributed by atoms with Crippen LogP contribution in [0, 0.1) is 0 Å². The molecule has 0 aliphatic carbocycles. The van der Waals surface area contributed by atoms with E-state index in [1.807, 2.05) is 6.07 Å². The Hall–Kier alpha value is -2.92. The lowest BCUT2D eigenvalue weighted by atomic mass is 10.1. The second kappa shape index (κ2) is 6.29. The fourth-order valence-corrected chi connectivity index (χ4v) is 2.64. The predicted octanol–water partition coefficient (Wildman–Crippen LogP) is 3.84. The van der Waals surface area contributed by atoms with Crippen molar-refractivity contribution in [3.05, 3.63) is 70.4 Å². The van der Waals surface area contributed by atoms with E-state index in [1.165, 1.54) is 17.0 Å². The number of hydrogen-bond donors (Lipinski definition) is 1. The molecule has 0 aromatic heterocycles. The molecule has 0 fully saturated rings. The summed E-state index contributed by atoms with van der Waals surface area (Å²) in [4.78, 5) is 29.3. The molecule has 0 spiro atoms. The summed E-state index contributed by atoms with van der Waals surface area (Å²) in [7, 11) is 0. The SMILES string of the molecule is CC1=N/C(=C/c2cccc(Cl)c2)C(=O)N1c1ccc(C(=O)O)cc1. The van der Waals surface area contributed by atoms with Gasteiger partial charge in [-0.2, -0.15) is 0 Å². The van der Waals surface area contributed by atoms with E-state index < -0.39 is 5.97 Å². The van der Waals surface area contributed by atoms with Crippen molar-refractivity contribution in [3.63, 3.8) is 0 Å². The highest BCUT2D eigenvalue weighted by atomic mass is 35.5. The molecule has 3 rings (SSSR count). The molecule has 1 aliphatic rings. The Labute approximate surface area is 143 Å². The van der Waals surface area contributed by atoms with Crippen LogP contribution in [0.15, 0.2) is 59.2 Å². The Bertz CT molecular complexity index is 885. The van der Waals surface area contributed by atoms with Crippen LogP contribution < -0.4 is 4.90 Å². The monoisotopic (exact) mass is 340 g/mol. The lowest BCUT2D eigenvalue weighted by Crippen LogP contribution is -2.30. The highest BCUT2D eigenvalue weighted by Gasteiger charge is 2.28. The van der Waals surface area contributed by atoms with Crippen LogP contribution in [0.4, 0.5) is 5.69 Å². The van der Waals surface area contributed by atoms with Gasteiger partial charge in [0, 0.05) is 5.02 Å². The van der Waals surface area contributed by atoms with Gasteiger partial charge in [-0.1, -0.05) is 23.7 Å². The van der Waals surface area contributed by atoms with Crippen molar-refractivity contribution in [1.29, 1.82) is 0 Å². The van der Waals surface area contributed by atoms with Gasteiger partial charge in [0.05, 0.1) is 11.3 Å². The largest absolute Gasteiger partial charge is 0.478 e. The second-order valence-corrected chi connectivity index (χ2v) is 5.67. The van der Waals surface area contributed by atoms with E-state index in [-0.39, 0.29) is 11.5 Å². The summed E-state index contributed by atoms with van der Waals surface area (Å²) in [5.41, 5.74) is 1.82. The van der Waals surface area contributed by atoms with Gasteiger partial charge in [0.15, 0.2) is 0 Å². The molecule has 2 aromatic rings. The number of amides is 1. The first-order valence-corrected chi connectivity index (χ1v) is 7.54. The van der Waals surface area contributed by atoms with Crippen molar-refractivity contribution in [2.45, 2.75) is 6.92 Å². The van der Waals surface area contributed by atoms with Gasteiger partial charge in [-0.15, -0.1) is 0 Å². The van der Waals surface area contributed by atoms with Crippen molar-refractivity contribution in [2.75, 3.05) is 4.90 Å². The molecule has 0 saturated carbocycles. The second-order valence-electron chi connectivity index (χ2n) is 5.24. The van der Waals surface area contributed by atoms with Gasteiger partial charge in [-0.25, -0.2) is 9.79 Å². The minimum atomic E-state index is -1.01. The lowest BCUT2D eigenvalue weighted by Gasteiger charge is -2.16. The van der Waals surface area contributed by atoms with E-state index in [4.69, 9.17) is 16.7 Å². The summed E-state index contributed by atoms with van der Waals surface area (Å²) in [6.45, 7) is 1.72. The summed E-state index contributed by atoms with van der Waals surface area (Å²) in [6.07, 6.45) is 1.67. The molecule has 1 aliphatic heterocycles. The van der Waals surface area contributed by atoms with Crippen LogP contribution in [0.2, 0.25) is 5.02 Å². The highest BCUT2D eigenvalue weighted by Crippen LogP contribution is 2.25. The standard InChI is InChI=1S/C18H13ClN2O3/c1-11-20-16(10-12-3-2-4-14(19)9-12)17(22)21(11)15-7-5-13(6-8-15)18(23)24/h2-10H,1H3,(H,23,24)/b16-10+. The van der Waals surface area contributed by atoms with Crippen molar-refractivity contribution in [1.82, 2.24) is 0 Å². The molecule has 0 unspecified atom stereocenters. The maximum atomic E-state index is 12.6. The lowest BCUT2D eigenvalue weighted by molar-refractivity contribution is -0.113. The number of carbonyl (C=O) groups excluding carboxylic acids is 1. The molecule has 6 heteroatoms. The first-order valence-electron chi connectivity index (χ1n) is 7.16. The number of aromatic carboxylic acids is 1.